The van der Waals surface area contributed by atoms with Crippen LogP contribution in [0.25, 0.3) is 10.6 Å². The van der Waals surface area contributed by atoms with Crippen LogP contribution in [0, 0.1) is 18.8 Å². The molecule has 4 atom stereocenters. The molecule has 0 radical (unpaired) electrons. The highest BCUT2D eigenvalue weighted by Crippen LogP contribution is 2.41. The third-order valence-corrected chi connectivity index (χ3v) is 6.71. The predicted octanol–water partition coefficient (Wildman–Crippen LogP) is 3.94. The minimum Gasteiger partial charge on any atom is -0.315 e. The Balaban J connectivity index is 1.48. The van der Waals surface area contributed by atoms with E-state index >= 15 is 0 Å². The number of aromatic nitrogens is 2. The average Bonchev–Trinajstić information content (AvgIpc) is 3.16. The van der Waals surface area contributed by atoms with Crippen LogP contribution in [0.4, 0.5) is 0 Å². The molecule has 3 aliphatic heterocycles. The summed E-state index contributed by atoms with van der Waals surface area (Å²) in [6.45, 7) is 11.2. The number of piperidine rings is 3. The molecule has 5 heterocycles. The first kappa shape index (κ1) is 18.1. The highest BCUT2D eigenvalue weighted by atomic mass is 32.1. The fourth-order valence-electron chi connectivity index (χ4n) is 4.56. The Morgan fingerprint density at radius 1 is 1.35 bits per heavy atom. The van der Waals surface area contributed by atoms with Gasteiger partial charge in [-0.3, -0.25) is 4.90 Å². The molecule has 0 amide bonds. The van der Waals surface area contributed by atoms with E-state index in [0.717, 1.165) is 43.0 Å². The van der Waals surface area contributed by atoms with Crippen LogP contribution >= 0.6 is 11.3 Å². The molecule has 2 bridgehead atoms. The van der Waals surface area contributed by atoms with Crippen molar-refractivity contribution in [2.75, 3.05) is 26.2 Å². The summed E-state index contributed by atoms with van der Waals surface area (Å²) in [6, 6.07) is 7.20. The van der Waals surface area contributed by atoms with Gasteiger partial charge in [-0.15, -0.1) is 11.3 Å². The number of nitrogens with one attached hydrogen (secondary N) is 1. The van der Waals surface area contributed by atoms with E-state index in [0.29, 0.717) is 12.0 Å². The van der Waals surface area contributed by atoms with E-state index in [9.17, 15) is 0 Å². The minimum absolute atomic E-state index is 0.561. The van der Waals surface area contributed by atoms with Gasteiger partial charge in [0, 0.05) is 30.7 Å². The zero-order valence-corrected chi connectivity index (χ0v) is 16.9. The molecule has 2 aromatic rings. The second kappa shape index (κ2) is 7.75. The van der Waals surface area contributed by atoms with Crippen molar-refractivity contribution in [1.29, 1.82) is 0 Å². The summed E-state index contributed by atoms with van der Waals surface area (Å²) in [6.07, 6.45) is 2.61. The van der Waals surface area contributed by atoms with E-state index in [1.54, 1.807) is 11.3 Å². The summed E-state index contributed by atoms with van der Waals surface area (Å²) in [5.74, 6) is 2.94. The van der Waals surface area contributed by atoms with E-state index in [2.05, 4.69) is 52.6 Å². The molecule has 4 unspecified atom stereocenters. The first-order chi connectivity index (χ1) is 12.6. The summed E-state index contributed by atoms with van der Waals surface area (Å²) in [5, 5.41) is 5.79. The monoisotopic (exact) mass is 370 g/mol. The van der Waals surface area contributed by atoms with E-state index in [-0.39, 0.29) is 0 Å². The highest BCUT2D eigenvalue weighted by Gasteiger charge is 2.41. The van der Waals surface area contributed by atoms with Crippen LogP contribution in [-0.4, -0.2) is 47.1 Å². The van der Waals surface area contributed by atoms with Gasteiger partial charge in [0.1, 0.15) is 5.82 Å². The van der Waals surface area contributed by atoms with Crippen LogP contribution in [0.2, 0.25) is 0 Å². The lowest BCUT2D eigenvalue weighted by Gasteiger charge is -2.50. The maximum Gasteiger partial charge on any atom is 0.126 e. The van der Waals surface area contributed by atoms with Crippen molar-refractivity contribution < 1.29 is 0 Å². The minimum atomic E-state index is 0.561. The van der Waals surface area contributed by atoms with Gasteiger partial charge in [-0.25, -0.2) is 9.97 Å². The number of nitrogens with zero attached hydrogens (tertiary/aromatic N) is 3. The van der Waals surface area contributed by atoms with E-state index in [4.69, 9.17) is 4.98 Å². The number of aryl methyl sites for hydroxylation is 1. The van der Waals surface area contributed by atoms with Gasteiger partial charge in [0.05, 0.1) is 10.6 Å². The van der Waals surface area contributed by atoms with Crippen LogP contribution in [0.15, 0.2) is 23.6 Å². The van der Waals surface area contributed by atoms with Crippen LogP contribution in [0.5, 0.6) is 0 Å². The Morgan fingerprint density at radius 2 is 2.23 bits per heavy atom. The molecule has 3 aliphatic rings. The van der Waals surface area contributed by atoms with Crippen LogP contribution in [-0.2, 0) is 0 Å². The van der Waals surface area contributed by atoms with Crippen LogP contribution < -0.4 is 5.32 Å². The van der Waals surface area contributed by atoms with Crippen molar-refractivity contribution in [3.05, 3.63) is 35.1 Å². The van der Waals surface area contributed by atoms with Crippen molar-refractivity contribution in [3.8, 4) is 10.6 Å². The normalized spacial score (nSPS) is 28.0. The van der Waals surface area contributed by atoms with Crippen molar-refractivity contribution in [2.45, 2.75) is 45.6 Å². The summed E-state index contributed by atoms with van der Waals surface area (Å²) in [4.78, 5) is 13.5. The summed E-state index contributed by atoms with van der Waals surface area (Å²) >= 11 is 1.76. The highest BCUT2D eigenvalue weighted by molar-refractivity contribution is 7.13. The van der Waals surface area contributed by atoms with Gasteiger partial charge in [0.25, 0.3) is 0 Å². The molecular weight excluding hydrogens is 340 g/mol. The summed E-state index contributed by atoms with van der Waals surface area (Å²) < 4.78 is 0. The molecule has 3 saturated heterocycles. The van der Waals surface area contributed by atoms with Crippen molar-refractivity contribution in [3.63, 3.8) is 0 Å². The Hall–Kier alpha value is -1.30. The number of hydrogen-bond acceptors (Lipinski definition) is 5. The summed E-state index contributed by atoms with van der Waals surface area (Å²) in [7, 11) is 0. The molecule has 140 valence electrons. The first-order valence-corrected chi connectivity index (χ1v) is 10.8. The fourth-order valence-corrected chi connectivity index (χ4v) is 5.24. The molecule has 4 nitrogen and oxygen atoms in total. The standard InChI is InChI=1S/C21H30N4S/c1-14(2)11-22-12-17-9-16-6-7-25(17)13-18(16)19-10-20(24-15(3)23-19)21-5-4-8-26-21/h4-5,8,10,14,16-18,22H,6-7,9,11-13H2,1-3H3. The van der Waals surface area contributed by atoms with Gasteiger partial charge in [0.2, 0.25) is 0 Å². The second-order valence-corrected chi connectivity index (χ2v) is 9.24. The van der Waals surface area contributed by atoms with Gasteiger partial charge in [0.15, 0.2) is 0 Å². The van der Waals surface area contributed by atoms with Crippen LogP contribution in [0.1, 0.15) is 44.1 Å². The Bertz CT molecular complexity index is 728. The average molecular weight is 371 g/mol. The third-order valence-electron chi connectivity index (χ3n) is 5.82. The van der Waals surface area contributed by atoms with Gasteiger partial charge < -0.3 is 5.32 Å². The molecule has 0 aromatic carbocycles. The molecule has 0 saturated carbocycles. The maximum absolute atomic E-state index is 4.85. The Kier molecular flexibility index (Phi) is 5.39. The van der Waals surface area contributed by atoms with Crippen molar-refractivity contribution in [2.24, 2.45) is 11.8 Å². The zero-order chi connectivity index (χ0) is 18.1. The lowest BCUT2D eigenvalue weighted by atomic mass is 9.74. The number of hydrogen-bond donors (Lipinski definition) is 1. The predicted molar refractivity (Wildman–Crippen MR) is 109 cm³/mol. The molecule has 2 aromatic heterocycles. The topological polar surface area (TPSA) is 41.1 Å². The van der Waals surface area contributed by atoms with E-state index < -0.39 is 0 Å². The summed E-state index contributed by atoms with van der Waals surface area (Å²) in [5.41, 5.74) is 2.35. The first-order valence-electron chi connectivity index (χ1n) is 9.94. The molecule has 26 heavy (non-hydrogen) atoms. The Labute approximate surface area is 161 Å². The van der Waals surface area contributed by atoms with Gasteiger partial charge >= 0.3 is 0 Å². The van der Waals surface area contributed by atoms with Crippen molar-refractivity contribution >= 4 is 11.3 Å². The molecular formula is C21H30N4S. The molecule has 0 aliphatic carbocycles. The molecule has 3 fully saturated rings. The van der Waals surface area contributed by atoms with E-state index in [1.165, 1.54) is 30.0 Å². The molecule has 0 spiro atoms. The number of rotatable bonds is 6. The van der Waals surface area contributed by atoms with Gasteiger partial charge in [-0.05, 0) is 62.2 Å². The SMILES string of the molecule is Cc1nc(-c2cccs2)cc(C2CN3CCC2CC3CNCC(C)C)n1. The molecule has 1 N–H and O–H groups in total. The van der Waals surface area contributed by atoms with Gasteiger partial charge in [-0.2, -0.15) is 0 Å². The fraction of sp³-hybridized carbons (Fsp3) is 0.619. The van der Waals surface area contributed by atoms with Crippen molar-refractivity contribution in [1.82, 2.24) is 20.2 Å². The lowest BCUT2D eigenvalue weighted by Crippen LogP contribution is -2.55. The lowest BCUT2D eigenvalue weighted by molar-refractivity contribution is 0.0291. The quantitative estimate of drug-likeness (QED) is 0.836. The third kappa shape index (κ3) is 3.85. The second-order valence-electron chi connectivity index (χ2n) is 8.29. The smallest absolute Gasteiger partial charge is 0.126 e. The largest absolute Gasteiger partial charge is 0.315 e. The molecule has 5 heteroatoms. The Morgan fingerprint density at radius 3 is 2.92 bits per heavy atom. The number of thiophene rings is 1. The number of fused-ring (bicyclic) bond motifs is 3. The van der Waals surface area contributed by atoms with Gasteiger partial charge in [-0.1, -0.05) is 19.9 Å². The van der Waals surface area contributed by atoms with E-state index in [1.807, 2.05) is 6.92 Å². The van der Waals surface area contributed by atoms with Crippen LogP contribution in [0.3, 0.4) is 0 Å². The maximum atomic E-state index is 4.85. The zero-order valence-electron chi connectivity index (χ0n) is 16.1. The molecule has 5 rings (SSSR count).